The highest BCUT2D eigenvalue weighted by Crippen LogP contribution is 2.51. The Bertz CT molecular complexity index is 1250. The first-order valence-corrected chi connectivity index (χ1v) is 12.9. The summed E-state index contributed by atoms with van der Waals surface area (Å²) >= 11 is 0. The van der Waals surface area contributed by atoms with E-state index in [2.05, 4.69) is 33.2 Å². The molecule has 2 aromatic rings. The van der Waals surface area contributed by atoms with Gasteiger partial charge in [0.25, 0.3) is 11.0 Å². The molecule has 2 aliphatic rings. The zero-order valence-electron chi connectivity index (χ0n) is 19.1. The highest BCUT2D eigenvalue weighted by molar-refractivity contribution is 8.24. The minimum atomic E-state index is -2.69. The van der Waals surface area contributed by atoms with Crippen molar-refractivity contribution in [1.82, 2.24) is 15.1 Å². The van der Waals surface area contributed by atoms with E-state index < -0.39 is 27.1 Å². The summed E-state index contributed by atoms with van der Waals surface area (Å²) < 4.78 is 22.1. The van der Waals surface area contributed by atoms with Crippen LogP contribution in [0.4, 0.5) is 0 Å². The Morgan fingerprint density at radius 3 is 2.69 bits per heavy atom. The van der Waals surface area contributed by atoms with Crippen LogP contribution in [0.15, 0.2) is 24.3 Å². The molecular weight excluding hydrogens is 474 g/mol. The van der Waals surface area contributed by atoms with Crippen LogP contribution in [0.2, 0.25) is 0 Å². The van der Waals surface area contributed by atoms with Gasteiger partial charge in [-0.15, -0.1) is 10.1 Å². The Balaban J connectivity index is 1.62. The molecule has 2 fully saturated rings. The zero-order chi connectivity index (χ0) is 25.2. The lowest BCUT2D eigenvalue weighted by Gasteiger charge is -2.26. The topological polar surface area (TPSA) is 164 Å². The number of nitrogens with zero attached hydrogens (tertiary/aromatic N) is 4. The largest absolute Gasteiger partial charge is 0.332 e. The summed E-state index contributed by atoms with van der Waals surface area (Å²) in [4.78, 5) is 27.4. The van der Waals surface area contributed by atoms with Crippen LogP contribution < -0.4 is 5.32 Å². The van der Waals surface area contributed by atoms with Crippen molar-refractivity contribution in [3.8, 4) is 29.2 Å². The number of hydrogen-bond acceptors (Lipinski definition) is 8. The highest BCUT2D eigenvalue weighted by Gasteiger charge is 2.45. The average molecular weight is 500 g/mol. The molecule has 2 heterocycles. The van der Waals surface area contributed by atoms with E-state index in [9.17, 15) is 29.3 Å². The standard InChI is InChI=1S/C23H25N5O6S/c1-16-20(22(29)25-23(15-24)10-11-23)26-27(19-9-13-35(32,33)14-19)21(16)18-7-5-17(6-8-18)4-2-3-12-34-28(30)31/h5-8,19,32-33H,3,9-14H2,1H3,(H,25,29). The second-order valence-electron chi connectivity index (χ2n) is 8.72. The fourth-order valence-corrected chi connectivity index (χ4v) is 5.79. The lowest BCUT2D eigenvalue weighted by molar-refractivity contribution is -0.757. The summed E-state index contributed by atoms with van der Waals surface area (Å²) in [5.74, 6) is 5.76. The number of hydrogen-bond donors (Lipinski definition) is 3. The van der Waals surface area contributed by atoms with Crippen molar-refractivity contribution in [2.24, 2.45) is 0 Å². The lowest BCUT2D eigenvalue weighted by atomic mass is 10.0. The molecule has 3 N–H and O–H groups in total. The third-order valence-electron chi connectivity index (χ3n) is 6.08. The molecule has 11 nitrogen and oxygen atoms in total. The fraction of sp³-hybridized carbons (Fsp3) is 0.435. The third kappa shape index (κ3) is 5.57. The monoisotopic (exact) mass is 499 g/mol. The predicted molar refractivity (Wildman–Crippen MR) is 128 cm³/mol. The summed E-state index contributed by atoms with van der Waals surface area (Å²) in [6, 6.07) is 9.14. The molecule has 4 rings (SSSR count). The number of benzene rings is 1. The molecule has 1 aromatic heterocycles. The smallest absolute Gasteiger partial charge is 0.294 e. The van der Waals surface area contributed by atoms with E-state index in [0.29, 0.717) is 36.1 Å². The molecule has 35 heavy (non-hydrogen) atoms. The summed E-state index contributed by atoms with van der Waals surface area (Å²) in [6.07, 6.45) is 1.94. The van der Waals surface area contributed by atoms with Crippen molar-refractivity contribution in [1.29, 1.82) is 5.26 Å². The first-order valence-electron chi connectivity index (χ1n) is 11.1. The number of nitriles is 1. The molecule has 1 saturated heterocycles. The Hall–Kier alpha value is -3.58. The minimum Gasteiger partial charge on any atom is -0.332 e. The molecule has 184 valence electrons. The van der Waals surface area contributed by atoms with Crippen LogP contribution in [0.25, 0.3) is 11.3 Å². The SMILES string of the molecule is Cc1c(C(=O)NC2(C#N)CC2)nn(C2CCS(O)(O)C2)c1-c1ccc(C#CCCO[N+](=O)[O-])cc1. The van der Waals surface area contributed by atoms with E-state index in [1.165, 1.54) is 0 Å². The van der Waals surface area contributed by atoms with Gasteiger partial charge in [-0.25, -0.2) is 0 Å². The Morgan fingerprint density at radius 1 is 1.40 bits per heavy atom. The van der Waals surface area contributed by atoms with Gasteiger partial charge in [-0.2, -0.15) is 21.0 Å². The van der Waals surface area contributed by atoms with Gasteiger partial charge in [0.05, 0.1) is 23.6 Å². The third-order valence-corrected chi connectivity index (χ3v) is 7.89. The van der Waals surface area contributed by atoms with Crippen LogP contribution in [-0.2, 0) is 4.84 Å². The van der Waals surface area contributed by atoms with Gasteiger partial charge in [0.1, 0.15) is 12.1 Å². The second-order valence-corrected chi connectivity index (χ2v) is 11.1. The first kappa shape index (κ1) is 24.5. The van der Waals surface area contributed by atoms with Gasteiger partial charge in [0.2, 0.25) is 0 Å². The summed E-state index contributed by atoms with van der Waals surface area (Å²) in [5, 5.41) is 26.0. The lowest BCUT2D eigenvalue weighted by Crippen LogP contribution is -2.36. The van der Waals surface area contributed by atoms with Crippen LogP contribution in [-0.4, -0.2) is 53.5 Å². The number of nitrogens with one attached hydrogen (secondary N) is 1. The number of carbonyl (C=O) groups excluding carboxylic acids is 1. The van der Waals surface area contributed by atoms with Crippen LogP contribution in [0.3, 0.4) is 0 Å². The molecule has 0 bridgehead atoms. The number of amides is 1. The Kier molecular flexibility index (Phi) is 6.72. The van der Waals surface area contributed by atoms with Crippen molar-refractivity contribution < 1.29 is 23.8 Å². The van der Waals surface area contributed by atoms with Crippen LogP contribution >= 0.6 is 10.6 Å². The van der Waals surface area contributed by atoms with E-state index in [1.807, 2.05) is 12.1 Å². The number of aromatic nitrogens is 2. The summed E-state index contributed by atoms with van der Waals surface area (Å²) in [6.45, 7) is 1.69. The van der Waals surface area contributed by atoms with Gasteiger partial charge in [0, 0.05) is 28.9 Å². The Labute approximate surface area is 203 Å². The van der Waals surface area contributed by atoms with Gasteiger partial charge < -0.3 is 10.2 Å². The molecule has 1 saturated carbocycles. The molecule has 1 atom stereocenters. The average Bonchev–Trinajstić information content (AvgIpc) is 3.36. The van der Waals surface area contributed by atoms with E-state index >= 15 is 0 Å². The normalized spacial score (nSPS) is 20.1. The molecule has 0 radical (unpaired) electrons. The summed E-state index contributed by atoms with van der Waals surface area (Å²) in [7, 11) is -2.69. The van der Waals surface area contributed by atoms with Gasteiger partial charge in [-0.3, -0.25) is 18.6 Å². The maximum atomic E-state index is 13.0. The summed E-state index contributed by atoms with van der Waals surface area (Å²) in [5.41, 5.74) is 2.19. The molecule has 1 aromatic carbocycles. The van der Waals surface area contributed by atoms with Gasteiger partial charge >= 0.3 is 0 Å². The van der Waals surface area contributed by atoms with E-state index in [0.717, 1.165) is 5.56 Å². The Morgan fingerprint density at radius 2 is 2.11 bits per heavy atom. The maximum Gasteiger partial charge on any atom is 0.294 e. The number of carbonyl (C=O) groups is 1. The van der Waals surface area contributed by atoms with Gasteiger partial charge in [-0.05, 0) is 38.3 Å². The molecule has 1 aliphatic heterocycles. The van der Waals surface area contributed by atoms with E-state index in [-0.39, 0.29) is 36.3 Å². The van der Waals surface area contributed by atoms with Crippen molar-refractivity contribution in [3.05, 3.63) is 51.2 Å². The van der Waals surface area contributed by atoms with Crippen molar-refractivity contribution in [2.45, 2.75) is 44.2 Å². The van der Waals surface area contributed by atoms with Crippen molar-refractivity contribution in [3.63, 3.8) is 0 Å². The van der Waals surface area contributed by atoms with Crippen molar-refractivity contribution >= 4 is 16.5 Å². The molecule has 0 spiro atoms. The molecular formula is C23H25N5O6S. The van der Waals surface area contributed by atoms with Gasteiger partial charge in [-0.1, -0.05) is 24.0 Å². The maximum absolute atomic E-state index is 13.0. The van der Waals surface area contributed by atoms with E-state index in [1.54, 1.807) is 23.7 Å². The van der Waals surface area contributed by atoms with Crippen molar-refractivity contribution in [2.75, 3.05) is 18.1 Å². The first-order chi connectivity index (χ1) is 16.6. The molecule has 1 amide bonds. The highest BCUT2D eigenvalue weighted by atomic mass is 32.3. The minimum absolute atomic E-state index is 0.102. The van der Waals surface area contributed by atoms with Crippen LogP contribution in [0.1, 0.15) is 53.3 Å². The predicted octanol–water partition coefficient (Wildman–Crippen LogP) is 3.29. The zero-order valence-corrected chi connectivity index (χ0v) is 19.9. The number of rotatable bonds is 7. The van der Waals surface area contributed by atoms with Gasteiger partial charge in [0.15, 0.2) is 5.69 Å². The van der Waals surface area contributed by atoms with E-state index in [4.69, 9.17) is 0 Å². The van der Waals surface area contributed by atoms with Crippen LogP contribution in [0.5, 0.6) is 0 Å². The molecule has 12 heteroatoms. The second kappa shape index (κ2) is 9.58. The quantitative estimate of drug-likeness (QED) is 0.226. The van der Waals surface area contributed by atoms with Crippen LogP contribution in [0, 0.1) is 40.2 Å². The molecule has 1 unspecified atom stereocenters. The fourth-order valence-electron chi connectivity index (χ4n) is 4.05. The molecule has 1 aliphatic carbocycles.